The zero-order chi connectivity index (χ0) is 15.9. The van der Waals surface area contributed by atoms with E-state index in [1.807, 2.05) is 0 Å². The molecule has 2 aromatic carbocycles. The molecule has 0 bridgehead atoms. The molecule has 2 aromatic rings. The van der Waals surface area contributed by atoms with Crippen molar-refractivity contribution in [3.8, 4) is 0 Å². The van der Waals surface area contributed by atoms with E-state index in [0.717, 1.165) is 0 Å². The number of carbonyl (C=O) groups is 2. The number of carbonyl (C=O) groups excluding carboxylic acids is 2. The number of hydrogen-bond acceptors (Lipinski definition) is 3. The number of amides is 1. The molecule has 0 unspecified atom stereocenters. The Morgan fingerprint density at radius 1 is 1.14 bits per heavy atom. The van der Waals surface area contributed by atoms with Gasteiger partial charge in [0.25, 0.3) is 0 Å². The van der Waals surface area contributed by atoms with Crippen LogP contribution in [0.25, 0.3) is 0 Å². The van der Waals surface area contributed by atoms with Gasteiger partial charge in [0.15, 0.2) is 0 Å². The largest absolute Gasteiger partial charge is 0.457 e. The van der Waals surface area contributed by atoms with Crippen LogP contribution in [0.1, 0.15) is 29.3 Å². The maximum Gasteiger partial charge on any atom is 0.338 e. The molecule has 0 radical (unpaired) electrons. The third-order valence-corrected chi connectivity index (χ3v) is 2.98. The third kappa shape index (κ3) is 4.41. The second kappa shape index (κ2) is 7.36. The van der Waals surface area contributed by atoms with Crippen molar-refractivity contribution in [3.05, 3.63) is 65.5 Å². The molecule has 0 aliphatic heterocycles. The Kier molecular flexibility index (Phi) is 5.25. The first-order valence-corrected chi connectivity index (χ1v) is 6.90. The van der Waals surface area contributed by atoms with Gasteiger partial charge in [0.05, 0.1) is 5.56 Å². The average Bonchev–Trinajstić information content (AvgIpc) is 2.53. The summed E-state index contributed by atoms with van der Waals surface area (Å²) in [5, 5.41) is 2.69. The summed E-state index contributed by atoms with van der Waals surface area (Å²) in [6.45, 7) is 1.76. The molecule has 0 aromatic heterocycles. The summed E-state index contributed by atoms with van der Waals surface area (Å²) in [5.74, 6) is -0.969. The van der Waals surface area contributed by atoms with Crippen LogP contribution in [0.2, 0.25) is 0 Å². The molecule has 114 valence electrons. The van der Waals surface area contributed by atoms with E-state index in [2.05, 4.69) is 5.32 Å². The highest BCUT2D eigenvalue weighted by Crippen LogP contribution is 2.12. The van der Waals surface area contributed by atoms with Gasteiger partial charge in [0.1, 0.15) is 12.4 Å². The molecule has 1 amide bonds. The van der Waals surface area contributed by atoms with E-state index in [1.54, 1.807) is 43.3 Å². The van der Waals surface area contributed by atoms with Crippen molar-refractivity contribution in [1.29, 1.82) is 0 Å². The molecule has 0 aliphatic rings. The van der Waals surface area contributed by atoms with Gasteiger partial charge in [-0.1, -0.05) is 19.1 Å². The Morgan fingerprint density at radius 2 is 1.86 bits per heavy atom. The van der Waals surface area contributed by atoms with Crippen LogP contribution >= 0.6 is 0 Å². The molecule has 4 nitrogen and oxygen atoms in total. The van der Waals surface area contributed by atoms with Crippen LogP contribution in [0.4, 0.5) is 10.1 Å². The van der Waals surface area contributed by atoms with Crippen LogP contribution in [0.3, 0.4) is 0 Å². The lowest BCUT2D eigenvalue weighted by atomic mass is 10.2. The molecule has 2 rings (SSSR count). The van der Waals surface area contributed by atoms with Crippen molar-refractivity contribution in [2.45, 2.75) is 20.0 Å². The summed E-state index contributed by atoms with van der Waals surface area (Å²) in [6, 6.07) is 12.3. The minimum atomic E-state index is -0.502. The van der Waals surface area contributed by atoms with Crippen molar-refractivity contribution >= 4 is 17.6 Å². The Hall–Kier alpha value is -2.69. The van der Waals surface area contributed by atoms with Gasteiger partial charge in [-0.2, -0.15) is 0 Å². The monoisotopic (exact) mass is 301 g/mol. The molecule has 0 spiro atoms. The van der Waals surface area contributed by atoms with Crippen LogP contribution in [-0.4, -0.2) is 11.9 Å². The lowest BCUT2D eigenvalue weighted by molar-refractivity contribution is -0.115. The fraction of sp³-hybridized carbons (Fsp3) is 0.176. The van der Waals surface area contributed by atoms with Crippen molar-refractivity contribution in [2.75, 3.05) is 5.32 Å². The molecule has 0 saturated heterocycles. The molecule has 0 atom stereocenters. The van der Waals surface area contributed by atoms with E-state index in [-0.39, 0.29) is 18.3 Å². The maximum absolute atomic E-state index is 13.0. The quantitative estimate of drug-likeness (QED) is 0.860. The topological polar surface area (TPSA) is 55.4 Å². The normalized spacial score (nSPS) is 10.1. The minimum absolute atomic E-state index is 0.00488. The zero-order valence-electron chi connectivity index (χ0n) is 12.1. The Labute approximate surface area is 127 Å². The Bertz CT molecular complexity index is 668. The van der Waals surface area contributed by atoms with Crippen LogP contribution in [-0.2, 0) is 16.1 Å². The molecule has 0 heterocycles. The van der Waals surface area contributed by atoms with Gasteiger partial charge in [0.2, 0.25) is 5.91 Å². The first-order chi connectivity index (χ1) is 10.6. The maximum atomic E-state index is 13.0. The Morgan fingerprint density at radius 3 is 2.50 bits per heavy atom. The van der Waals surface area contributed by atoms with Crippen LogP contribution in [0.5, 0.6) is 0 Å². The predicted octanol–water partition coefficient (Wildman–Crippen LogP) is 3.53. The number of anilines is 1. The van der Waals surface area contributed by atoms with Crippen molar-refractivity contribution < 1.29 is 18.7 Å². The molecule has 0 fully saturated rings. The van der Waals surface area contributed by atoms with E-state index >= 15 is 0 Å². The predicted molar refractivity (Wildman–Crippen MR) is 80.9 cm³/mol. The summed E-state index contributed by atoms with van der Waals surface area (Å²) in [4.78, 5) is 23.1. The van der Waals surface area contributed by atoms with Crippen LogP contribution in [0, 0.1) is 5.82 Å². The van der Waals surface area contributed by atoms with Gasteiger partial charge in [-0.3, -0.25) is 4.79 Å². The van der Waals surface area contributed by atoms with Gasteiger partial charge >= 0.3 is 5.97 Å². The van der Waals surface area contributed by atoms with Crippen LogP contribution in [0.15, 0.2) is 48.5 Å². The summed E-state index contributed by atoms with van der Waals surface area (Å²) in [7, 11) is 0. The SMILES string of the molecule is CCC(=O)Nc1ccc(C(=O)OCc2cccc(F)c2)cc1. The van der Waals surface area contributed by atoms with Gasteiger partial charge in [-0.25, -0.2) is 9.18 Å². The van der Waals surface area contributed by atoms with E-state index in [0.29, 0.717) is 23.2 Å². The summed E-state index contributed by atoms with van der Waals surface area (Å²) in [6.07, 6.45) is 0.386. The molecule has 0 saturated carbocycles. The zero-order valence-corrected chi connectivity index (χ0v) is 12.1. The highest BCUT2D eigenvalue weighted by Gasteiger charge is 2.08. The molecular formula is C17H16FNO3. The molecule has 5 heteroatoms. The summed E-state index contributed by atoms with van der Waals surface area (Å²) < 4.78 is 18.1. The number of hydrogen-bond donors (Lipinski definition) is 1. The van der Waals surface area contributed by atoms with Crippen LogP contribution < -0.4 is 5.32 Å². The lowest BCUT2D eigenvalue weighted by Gasteiger charge is -2.07. The smallest absolute Gasteiger partial charge is 0.338 e. The molecule has 0 aliphatic carbocycles. The van der Waals surface area contributed by atoms with E-state index in [1.165, 1.54) is 12.1 Å². The van der Waals surface area contributed by atoms with E-state index in [4.69, 9.17) is 4.74 Å². The number of esters is 1. The van der Waals surface area contributed by atoms with Gasteiger partial charge < -0.3 is 10.1 Å². The standard InChI is InChI=1S/C17H16FNO3/c1-2-16(20)19-15-8-6-13(7-9-15)17(21)22-11-12-4-3-5-14(18)10-12/h3-10H,2,11H2,1H3,(H,19,20). The molecule has 1 N–H and O–H groups in total. The van der Waals surface area contributed by atoms with Gasteiger partial charge in [0, 0.05) is 12.1 Å². The second-order valence-electron chi connectivity index (χ2n) is 4.69. The third-order valence-electron chi connectivity index (χ3n) is 2.98. The first kappa shape index (κ1) is 15.7. The number of ether oxygens (including phenoxy) is 1. The highest BCUT2D eigenvalue weighted by molar-refractivity contribution is 5.92. The lowest BCUT2D eigenvalue weighted by Crippen LogP contribution is -2.10. The van der Waals surface area contributed by atoms with E-state index in [9.17, 15) is 14.0 Å². The van der Waals surface area contributed by atoms with Gasteiger partial charge in [-0.15, -0.1) is 0 Å². The fourth-order valence-electron chi connectivity index (χ4n) is 1.80. The Balaban J connectivity index is 1.93. The number of nitrogens with one attached hydrogen (secondary N) is 1. The van der Waals surface area contributed by atoms with Crippen molar-refractivity contribution in [1.82, 2.24) is 0 Å². The van der Waals surface area contributed by atoms with Gasteiger partial charge in [-0.05, 0) is 42.0 Å². The fourth-order valence-corrected chi connectivity index (χ4v) is 1.80. The average molecular weight is 301 g/mol. The first-order valence-electron chi connectivity index (χ1n) is 6.90. The number of benzene rings is 2. The number of rotatable bonds is 5. The van der Waals surface area contributed by atoms with Crippen molar-refractivity contribution in [3.63, 3.8) is 0 Å². The van der Waals surface area contributed by atoms with E-state index < -0.39 is 5.97 Å². The number of halogens is 1. The summed E-state index contributed by atoms with van der Waals surface area (Å²) in [5.41, 5.74) is 1.57. The molecule has 22 heavy (non-hydrogen) atoms. The minimum Gasteiger partial charge on any atom is -0.457 e. The van der Waals surface area contributed by atoms with Crippen molar-refractivity contribution in [2.24, 2.45) is 0 Å². The molecular weight excluding hydrogens is 285 g/mol. The second-order valence-corrected chi connectivity index (χ2v) is 4.69. The summed E-state index contributed by atoms with van der Waals surface area (Å²) >= 11 is 0. The highest BCUT2D eigenvalue weighted by atomic mass is 19.1.